The fourth-order valence-corrected chi connectivity index (χ4v) is 2.21. The number of para-hydroxylation sites is 2. The number of anilines is 1. The summed E-state index contributed by atoms with van der Waals surface area (Å²) >= 11 is 0. The highest BCUT2D eigenvalue weighted by atomic mass is 19.4. The second-order valence-corrected chi connectivity index (χ2v) is 5.67. The van der Waals surface area contributed by atoms with Crippen LogP contribution in [0.15, 0.2) is 48.5 Å². The first-order chi connectivity index (χ1) is 12.8. The van der Waals surface area contributed by atoms with Gasteiger partial charge in [0.2, 0.25) is 0 Å². The highest BCUT2D eigenvalue weighted by Crippen LogP contribution is 2.30. The molecule has 0 aliphatic rings. The number of nitrogens with one attached hydrogen (secondary N) is 1. The van der Waals surface area contributed by atoms with Crippen LogP contribution in [0, 0.1) is 0 Å². The first-order valence-electron chi connectivity index (χ1n) is 8.13. The summed E-state index contributed by atoms with van der Waals surface area (Å²) in [6.07, 6.45) is -4.74. The first-order valence-corrected chi connectivity index (χ1v) is 8.13. The van der Waals surface area contributed by atoms with Crippen LogP contribution in [0.3, 0.4) is 0 Å². The van der Waals surface area contributed by atoms with E-state index in [0.29, 0.717) is 23.7 Å². The van der Waals surface area contributed by atoms with E-state index < -0.39 is 17.7 Å². The van der Waals surface area contributed by atoms with Crippen molar-refractivity contribution in [2.45, 2.75) is 19.2 Å². The Balaban J connectivity index is 1.90. The van der Waals surface area contributed by atoms with Crippen molar-refractivity contribution in [3.05, 3.63) is 54.1 Å². The Morgan fingerprint density at radius 3 is 2.26 bits per heavy atom. The second kappa shape index (κ2) is 9.27. The van der Waals surface area contributed by atoms with Crippen molar-refractivity contribution in [2.24, 2.45) is 0 Å². The minimum absolute atomic E-state index is 0.155. The summed E-state index contributed by atoms with van der Waals surface area (Å²) in [5.74, 6) is 0.234. The largest absolute Gasteiger partial charge is 0.487 e. The Labute approximate surface area is 155 Å². The van der Waals surface area contributed by atoms with Gasteiger partial charge in [-0.15, -0.1) is 0 Å². The van der Waals surface area contributed by atoms with Crippen LogP contribution in [0.2, 0.25) is 0 Å². The molecule has 0 radical (unpaired) electrons. The Kier molecular flexibility index (Phi) is 7.06. The van der Waals surface area contributed by atoms with Crippen molar-refractivity contribution >= 4 is 11.7 Å². The van der Waals surface area contributed by atoms with E-state index in [-0.39, 0.29) is 12.7 Å². The molecule has 1 N–H and O–H groups in total. The third-order valence-electron chi connectivity index (χ3n) is 3.61. The van der Waals surface area contributed by atoms with Gasteiger partial charge in [0.1, 0.15) is 12.7 Å². The van der Waals surface area contributed by atoms with Gasteiger partial charge in [-0.3, -0.25) is 4.79 Å². The lowest BCUT2D eigenvalue weighted by Gasteiger charge is -2.19. The van der Waals surface area contributed by atoms with E-state index >= 15 is 0 Å². The van der Waals surface area contributed by atoms with E-state index in [1.165, 1.54) is 26.2 Å². The normalized spacial score (nSPS) is 12.3. The van der Waals surface area contributed by atoms with Crippen molar-refractivity contribution in [3.8, 4) is 11.5 Å². The molecular weight excluding hydrogens is 363 g/mol. The lowest BCUT2D eigenvalue weighted by Crippen LogP contribution is -2.28. The van der Waals surface area contributed by atoms with Gasteiger partial charge in [-0.2, -0.15) is 13.2 Å². The summed E-state index contributed by atoms with van der Waals surface area (Å²) in [7, 11) is 1.50. The number of hydrogen-bond donors (Lipinski definition) is 1. The SMILES string of the molecule is COC(CNc1ccc(C(F)(F)F)cc1)COc1ccccc1OC(C)=O. The first kappa shape index (κ1) is 20.6. The van der Waals surface area contributed by atoms with Crippen LogP contribution in [-0.4, -0.2) is 32.3 Å². The highest BCUT2D eigenvalue weighted by molar-refractivity contribution is 5.70. The third kappa shape index (κ3) is 6.49. The van der Waals surface area contributed by atoms with Gasteiger partial charge in [-0.05, 0) is 36.4 Å². The molecule has 8 heteroatoms. The predicted octanol–water partition coefficient (Wildman–Crippen LogP) is 4.14. The van der Waals surface area contributed by atoms with E-state index in [2.05, 4.69) is 5.32 Å². The van der Waals surface area contributed by atoms with Gasteiger partial charge >= 0.3 is 12.1 Å². The standard InChI is InChI=1S/C19H20F3NO4/c1-13(24)27-18-6-4-3-5-17(18)26-12-16(25-2)11-23-15-9-7-14(8-10-15)19(20,21)22/h3-10,16,23H,11-12H2,1-2H3. The monoisotopic (exact) mass is 383 g/mol. The number of ether oxygens (including phenoxy) is 3. The van der Waals surface area contributed by atoms with Crippen molar-refractivity contribution in [1.29, 1.82) is 0 Å². The molecule has 0 heterocycles. The maximum atomic E-state index is 12.6. The van der Waals surface area contributed by atoms with Crippen LogP contribution in [-0.2, 0) is 15.7 Å². The van der Waals surface area contributed by atoms with Crippen molar-refractivity contribution in [1.82, 2.24) is 0 Å². The van der Waals surface area contributed by atoms with Crippen LogP contribution in [0.25, 0.3) is 0 Å². The summed E-state index contributed by atoms with van der Waals surface area (Å²) in [5.41, 5.74) is -0.174. The number of carbonyl (C=O) groups is 1. The fraction of sp³-hybridized carbons (Fsp3) is 0.316. The Hall–Kier alpha value is -2.74. The van der Waals surface area contributed by atoms with Gasteiger partial charge < -0.3 is 19.5 Å². The van der Waals surface area contributed by atoms with Gasteiger partial charge in [0.25, 0.3) is 0 Å². The van der Waals surface area contributed by atoms with Crippen molar-refractivity contribution in [3.63, 3.8) is 0 Å². The number of halogens is 3. The van der Waals surface area contributed by atoms with Crippen molar-refractivity contribution in [2.75, 3.05) is 25.6 Å². The molecule has 1 atom stereocenters. The van der Waals surface area contributed by atoms with E-state index in [1.54, 1.807) is 24.3 Å². The molecule has 27 heavy (non-hydrogen) atoms. The number of alkyl halides is 3. The molecule has 0 aliphatic heterocycles. The summed E-state index contributed by atoms with van der Waals surface area (Å²) < 4.78 is 53.8. The average Bonchev–Trinajstić information content (AvgIpc) is 2.62. The van der Waals surface area contributed by atoms with Crippen LogP contribution in [0.5, 0.6) is 11.5 Å². The van der Waals surface area contributed by atoms with E-state index in [9.17, 15) is 18.0 Å². The molecule has 0 saturated heterocycles. The van der Waals surface area contributed by atoms with Crippen LogP contribution in [0.1, 0.15) is 12.5 Å². The smallest absolute Gasteiger partial charge is 0.416 e. The second-order valence-electron chi connectivity index (χ2n) is 5.67. The van der Waals surface area contributed by atoms with E-state index in [1.807, 2.05) is 0 Å². The van der Waals surface area contributed by atoms with Crippen LogP contribution >= 0.6 is 0 Å². The van der Waals surface area contributed by atoms with Gasteiger partial charge in [0, 0.05) is 26.3 Å². The van der Waals surface area contributed by atoms with Gasteiger partial charge in [-0.1, -0.05) is 12.1 Å². The predicted molar refractivity (Wildman–Crippen MR) is 94.0 cm³/mol. The number of hydrogen-bond acceptors (Lipinski definition) is 5. The summed E-state index contributed by atoms with van der Waals surface area (Å²) in [6, 6.07) is 11.5. The Bertz CT molecular complexity index is 747. The maximum Gasteiger partial charge on any atom is 0.416 e. The number of esters is 1. The minimum Gasteiger partial charge on any atom is -0.487 e. The molecule has 0 aromatic heterocycles. The summed E-state index contributed by atoms with van der Waals surface area (Å²) in [4.78, 5) is 11.1. The van der Waals surface area contributed by atoms with Gasteiger partial charge in [0.05, 0.1) is 5.56 Å². The molecule has 0 amide bonds. The lowest BCUT2D eigenvalue weighted by molar-refractivity contribution is -0.137. The molecule has 0 saturated carbocycles. The number of rotatable bonds is 8. The molecule has 1 unspecified atom stereocenters. The molecular formula is C19H20F3NO4. The molecule has 2 aromatic rings. The molecule has 2 rings (SSSR count). The molecule has 146 valence electrons. The zero-order valence-electron chi connectivity index (χ0n) is 14.9. The Morgan fingerprint density at radius 2 is 1.70 bits per heavy atom. The summed E-state index contributed by atoms with van der Waals surface area (Å²) in [5, 5.41) is 3.00. The van der Waals surface area contributed by atoms with E-state index in [4.69, 9.17) is 14.2 Å². The highest BCUT2D eigenvalue weighted by Gasteiger charge is 2.29. The number of carbonyl (C=O) groups excluding carboxylic acids is 1. The Morgan fingerprint density at radius 1 is 1.07 bits per heavy atom. The maximum absolute atomic E-state index is 12.6. The van der Waals surface area contributed by atoms with Gasteiger partial charge in [-0.25, -0.2) is 0 Å². The van der Waals surface area contributed by atoms with E-state index in [0.717, 1.165) is 12.1 Å². The zero-order valence-corrected chi connectivity index (χ0v) is 14.9. The number of benzene rings is 2. The zero-order chi connectivity index (χ0) is 19.9. The minimum atomic E-state index is -4.36. The topological polar surface area (TPSA) is 56.8 Å². The third-order valence-corrected chi connectivity index (χ3v) is 3.61. The molecule has 0 aliphatic carbocycles. The summed E-state index contributed by atoms with van der Waals surface area (Å²) in [6.45, 7) is 1.77. The quantitative estimate of drug-likeness (QED) is 0.549. The number of methoxy groups -OCH3 is 1. The molecule has 0 fully saturated rings. The average molecular weight is 383 g/mol. The molecule has 0 bridgehead atoms. The fourth-order valence-electron chi connectivity index (χ4n) is 2.21. The molecule has 5 nitrogen and oxygen atoms in total. The lowest BCUT2D eigenvalue weighted by atomic mass is 10.2. The van der Waals surface area contributed by atoms with Crippen molar-refractivity contribution < 1.29 is 32.2 Å². The van der Waals surface area contributed by atoms with Crippen LogP contribution in [0.4, 0.5) is 18.9 Å². The van der Waals surface area contributed by atoms with Gasteiger partial charge in [0.15, 0.2) is 11.5 Å². The molecule has 2 aromatic carbocycles. The molecule has 0 spiro atoms. The van der Waals surface area contributed by atoms with Crippen LogP contribution < -0.4 is 14.8 Å².